The van der Waals surface area contributed by atoms with Gasteiger partial charge < -0.3 is 20.1 Å². The predicted molar refractivity (Wildman–Crippen MR) is 135 cm³/mol. The molecule has 0 aliphatic heterocycles. The third kappa shape index (κ3) is 8.26. The number of nitro groups is 1. The summed E-state index contributed by atoms with van der Waals surface area (Å²) < 4.78 is 7.33. The van der Waals surface area contributed by atoms with Crippen LogP contribution in [0.1, 0.15) is 37.9 Å². The van der Waals surface area contributed by atoms with E-state index in [1.807, 2.05) is 36.8 Å². The van der Waals surface area contributed by atoms with E-state index in [4.69, 9.17) is 4.74 Å². The zero-order valence-corrected chi connectivity index (χ0v) is 21.5. The molecule has 2 aromatic rings. The van der Waals surface area contributed by atoms with Crippen molar-refractivity contribution < 1.29 is 14.8 Å². The molecule has 1 aromatic heterocycles. The molecule has 0 spiro atoms. The number of ether oxygens (including phenoxy) is 1. The Balaban J connectivity index is 0.00000512. The summed E-state index contributed by atoms with van der Waals surface area (Å²) in [5.74, 6) is 1.45. The molecule has 32 heavy (non-hydrogen) atoms. The van der Waals surface area contributed by atoms with Gasteiger partial charge in [0.1, 0.15) is 18.5 Å². The Bertz CT molecular complexity index is 885. The number of hydrogen-bond acceptors (Lipinski definition) is 6. The van der Waals surface area contributed by atoms with Crippen LogP contribution in [0, 0.1) is 10.1 Å². The number of rotatable bonds is 10. The number of aliphatic imine (C=N–C) groups is 1. The summed E-state index contributed by atoms with van der Waals surface area (Å²) in [6.07, 6.45) is 1.20. The van der Waals surface area contributed by atoms with Gasteiger partial charge in [-0.3, -0.25) is 19.8 Å². The van der Waals surface area contributed by atoms with E-state index in [1.165, 1.54) is 24.3 Å². The normalized spacial score (nSPS) is 12.3. The molecular weight excluding hydrogens is 527 g/mol. The highest BCUT2D eigenvalue weighted by Gasteiger charge is 2.16. The average Bonchev–Trinajstić information content (AvgIpc) is 3.10. The molecule has 0 aliphatic rings. The summed E-state index contributed by atoms with van der Waals surface area (Å²) >= 11 is 0. The minimum absolute atomic E-state index is 0. The molecule has 0 bridgehead atoms. The number of aliphatic hydroxyl groups is 1. The first kappa shape index (κ1) is 27.6. The minimum atomic E-state index is -0.818. The lowest BCUT2D eigenvalue weighted by molar-refractivity contribution is -0.384. The fourth-order valence-corrected chi connectivity index (χ4v) is 3.06. The Kier molecular flexibility index (Phi) is 11.4. The van der Waals surface area contributed by atoms with Crippen molar-refractivity contribution in [1.82, 2.24) is 20.0 Å². The first-order valence-electron chi connectivity index (χ1n) is 10.3. The van der Waals surface area contributed by atoms with Gasteiger partial charge in [0.05, 0.1) is 17.2 Å². The molecule has 0 fully saturated rings. The molecular formula is C21H33IN6O4. The number of nitrogens with one attached hydrogen (secondary N) is 1. The molecule has 0 aliphatic carbocycles. The maximum atomic E-state index is 10.7. The average molecular weight is 560 g/mol. The van der Waals surface area contributed by atoms with Crippen molar-refractivity contribution in [2.75, 3.05) is 26.7 Å². The van der Waals surface area contributed by atoms with Gasteiger partial charge in [-0.15, -0.1) is 24.0 Å². The van der Waals surface area contributed by atoms with E-state index in [2.05, 4.69) is 29.3 Å². The standard InChI is InChI=1S/C21H32N6O4.HI/c1-6-22-21(25(4)12-16-13-26(5)24-20(16)15(2)3)23-11-18(28)14-31-19-9-7-17(8-10-19)27(29)30;/h7-10,13,15,18,28H,6,11-12,14H2,1-5H3,(H,22,23);1H. The van der Waals surface area contributed by atoms with Crippen molar-refractivity contribution in [3.8, 4) is 5.75 Å². The summed E-state index contributed by atoms with van der Waals surface area (Å²) in [6, 6.07) is 5.74. The third-order valence-electron chi connectivity index (χ3n) is 4.53. The van der Waals surface area contributed by atoms with E-state index in [9.17, 15) is 15.2 Å². The molecule has 1 atom stereocenters. The largest absolute Gasteiger partial charge is 0.491 e. The fourth-order valence-electron chi connectivity index (χ4n) is 3.06. The zero-order valence-electron chi connectivity index (χ0n) is 19.2. The molecule has 1 heterocycles. The van der Waals surface area contributed by atoms with Crippen LogP contribution in [-0.2, 0) is 13.6 Å². The molecule has 2 rings (SSSR count). The van der Waals surface area contributed by atoms with Gasteiger partial charge in [-0.1, -0.05) is 13.8 Å². The van der Waals surface area contributed by atoms with Crippen molar-refractivity contribution in [3.05, 3.63) is 51.8 Å². The van der Waals surface area contributed by atoms with E-state index < -0.39 is 11.0 Å². The fraction of sp³-hybridized carbons (Fsp3) is 0.524. The summed E-state index contributed by atoms with van der Waals surface area (Å²) in [7, 11) is 3.86. The number of aryl methyl sites for hydroxylation is 1. The van der Waals surface area contributed by atoms with Crippen molar-refractivity contribution in [2.24, 2.45) is 12.0 Å². The summed E-state index contributed by atoms with van der Waals surface area (Å²) in [6.45, 7) is 7.75. The van der Waals surface area contributed by atoms with Crippen LogP contribution in [0.15, 0.2) is 35.5 Å². The van der Waals surface area contributed by atoms with E-state index in [0.29, 0.717) is 30.7 Å². The molecule has 0 saturated carbocycles. The summed E-state index contributed by atoms with van der Waals surface area (Å²) in [5.41, 5.74) is 2.18. The minimum Gasteiger partial charge on any atom is -0.491 e. The Labute approximate surface area is 205 Å². The van der Waals surface area contributed by atoms with Crippen LogP contribution in [0.5, 0.6) is 5.75 Å². The van der Waals surface area contributed by atoms with Gasteiger partial charge in [0.25, 0.3) is 5.69 Å². The predicted octanol–water partition coefficient (Wildman–Crippen LogP) is 2.91. The van der Waals surface area contributed by atoms with Gasteiger partial charge >= 0.3 is 0 Å². The van der Waals surface area contributed by atoms with Crippen LogP contribution in [-0.4, -0.2) is 63.5 Å². The molecule has 0 amide bonds. The van der Waals surface area contributed by atoms with Crippen molar-refractivity contribution in [1.29, 1.82) is 0 Å². The van der Waals surface area contributed by atoms with Crippen molar-refractivity contribution >= 4 is 35.6 Å². The molecule has 178 valence electrons. The van der Waals surface area contributed by atoms with Crippen LogP contribution in [0.3, 0.4) is 0 Å². The molecule has 2 N–H and O–H groups in total. The Morgan fingerprint density at radius 3 is 2.59 bits per heavy atom. The van der Waals surface area contributed by atoms with Gasteiger partial charge in [0.15, 0.2) is 5.96 Å². The van der Waals surface area contributed by atoms with E-state index in [0.717, 1.165) is 11.3 Å². The number of hydrogen-bond donors (Lipinski definition) is 2. The lowest BCUT2D eigenvalue weighted by Gasteiger charge is -2.23. The number of guanidine groups is 1. The van der Waals surface area contributed by atoms with Crippen molar-refractivity contribution in [2.45, 2.75) is 39.3 Å². The summed E-state index contributed by atoms with van der Waals surface area (Å²) in [5, 5.41) is 28.7. The SMILES string of the molecule is CCNC(=NCC(O)COc1ccc([N+](=O)[O-])cc1)N(C)Cc1cn(C)nc1C(C)C.I. The Hall–Kier alpha value is -2.41. The zero-order chi connectivity index (χ0) is 23.0. The lowest BCUT2D eigenvalue weighted by Crippen LogP contribution is -2.39. The van der Waals surface area contributed by atoms with Gasteiger partial charge in [0, 0.05) is 51.1 Å². The lowest BCUT2D eigenvalue weighted by atomic mass is 10.1. The maximum absolute atomic E-state index is 10.7. The van der Waals surface area contributed by atoms with Crippen LogP contribution in [0.2, 0.25) is 0 Å². The number of nitrogens with zero attached hydrogens (tertiary/aromatic N) is 5. The van der Waals surface area contributed by atoms with Crippen molar-refractivity contribution in [3.63, 3.8) is 0 Å². The van der Waals surface area contributed by atoms with Crippen LogP contribution in [0.25, 0.3) is 0 Å². The van der Waals surface area contributed by atoms with E-state index >= 15 is 0 Å². The highest BCUT2D eigenvalue weighted by Crippen LogP contribution is 2.19. The summed E-state index contributed by atoms with van der Waals surface area (Å²) in [4.78, 5) is 16.8. The molecule has 11 heteroatoms. The first-order valence-corrected chi connectivity index (χ1v) is 10.3. The van der Waals surface area contributed by atoms with Crippen LogP contribution in [0.4, 0.5) is 5.69 Å². The quantitative estimate of drug-likeness (QED) is 0.151. The first-order chi connectivity index (χ1) is 14.7. The number of aliphatic hydroxyl groups excluding tert-OH is 1. The Morgan fingerprint density at radius 2 is 2.03 bits per heavy atom. The second kappa shape index (κ2) is 13.2. The number of benzene rings is 1. The smallest absolute Gasteiger partial charge is 0.269 e. The van der Waals surface area contributed by atoms with Gasteiger partial charge in [-0.25, -0.2) is 0 Å². The number of halogens is 1. The molecule has 1 unspecified atom stereocenters. The number of aromatic nitrogens is 2. The second-order valence-electron chi connectivity index (χ2n) is 7.63. The third-order valence-corrected chi connectivity index (χ3v) is 4.53. The maximum Gasteiger partial charge on any atom is 0.269 e. The van der Waals surface area contributed by atoms with E-state index in [1.54, 1.807) is 0 Å². The molecule has 0 saturated heterocycles. The number of non-ortho nitro benzene ring substituents is 1. The molecule has 10 nitrogen and oxygen atoms in total. The molecule has 0 radical (unpaired) electrons. The van der Waals surface area contributed by atoms with Crippen LogP contribution < -0.4 is 10.1 Å². The highest BCUT2D eigenvalue weighted by atomic mass is 127. The molecule has 1 aromatic carbocycles. The topological polar surface area (TPSA) is 118 Å². The Morgan fingerprint density at radius 1 is 1.38 bits per heavy atom. The van der Waals surface area contributed by atoms with E-state index in [-0.39, 0.29) is 42.8 Å². The highest BCUT2D eigenvalue weighted by molar-refractivity contribution is 14.0. The van der Waals surface area contributed by atoms with Gasteiger partial charge in [0.2, 0.25) is 0 Å². The van der Waals surface area contributed by atoms with Gasteiger partial charge in [-0.2, -0.15) is 5.10 Å². The van der Waals surface area contributed by atoms with Gasteiger partial charge in [-0.05, 0) is 25.0 Å². The second-order valence-corrected chi connectivity index (χ2v) is 7.63. The van der Waals surface area contributed by atoms with Crippen LogP contribution >= 0.6 is 24.0 Å². The number of nitro benzene ring substituents is 1. The monoisotopic (exact) mass is 560 g/mol.